The van der Waals surface area contributed by atoms with Gasteiger partial charge in [-0.15, -0.1) is 0 Å². The molecular weight excluding hydrogens is 226 g/mol. The second-order valence-electron chi connectivity index (χ2n) is 5.49. The SMILES string of the molecule is CCC(C)NC(=O)c1ccccc1OC(C)(C)C. The molecule has 0 saturated heterocycles. The molecule has 1 aromatic rings. The quantitative estimate of drug-likeness (QED) is 0.888. The number of benzene rings is 1. The molecule has 1 N–H and O–H groups in total. The molecule has 3 heteroatoms. The standard InChI is InChI=1S/C15H23NO2/c1-6-11(2)16-14(17)12-9-7-8-10-13(12)18-15(3,4)5/h7-11H,6H2,1-5H3,(H,16,17). The van der Waals surface area contributed by atoms with Gasteiger partial charge in [-0.1, -0.05) is 19.1 Å². The van der Waals surface area contributed by atoms with Gasteiger partial charge in [-0.05, 0) is 46.2 Å². The van der Waals surface area contributed by atoms with Crippen molar-refractivity contribution in [2.24, 2.45) is 0 Å². The lowest BCUT2D eigenvalue weighted by molar-refractivity contribution is 0.0919. The van der Waals surface area contributed by atoms with Crippen LogP contribution in [0.5, 0.6) is 5.75 Å². The van der Waals surface area contributed by atoms with Crippen molar-refractivity contribution in [1.82, 2.24) is 5.32 Å². The molecule has 100 valence electrons. The smallest absolute Gasteiger partial charge is 0.255 e. The maximum absolute atomic E-state index is 12.1. The highest BCUT2D eigenvalue weighted by Gasteiger charge is 2.18. The van der Waals surface area contributed by atoms with Gasteiger partial charge in [0.1, 0.15) is 11.4 Å². The lowest BCUT2D eigenvalue weighted by Crippen LogP contribution is -2.33. The van der Waals surface area contributed by atoms with E-state index in [2.05, 4.69) is 5.32 Å². The molecule has 0 fully saturated rings. The Bertz CT molecular complexity index is 407. The summed E-state index contributed by atoms with van der Waals surface area (Å²) >= 11 is 0. The fourth-order valence-electron chi connectivity index (χ4n) is 1.48. The fraction of sp³-hybridized carbons (Fsp3) is 0.533. The molecule has 1 amide bonds. The van der Waals surface area contributed by atoms with Crippen LogP contribution in [0.3, 0.4) is 0 Å². The van der Waals surface area contributed by atoms with Crippen molar-refractivity contribution < 1.29 is 9.53 Å². The predicted octanol–water partition coefficient (Wildman–Crippen LogP) is 3.39. The van der Waals surface area contributed by atoms with Crippen LogP contribution in [-0.2, 0) is 0 Å². The van der Waals surface area contributed by atoms with Crippen molar-refractivity contribution >= 4 is 5.91 Å². The zero-order valence-electron chi connectivity index (χ0n) is 11.9. The van der Waals surface area contributed by atoms with E-state index >= 15 is 0 Å². The second kappa shape index (κ2) is 5.89. The first-order valence-electron chi connectivity index (χ1n) is 6.42. The molecule has 1 rings (SSSR count). The third kappa shape index (κ3) is 4.40. The molecule has 0 spiro atoms. The van der Waals surface area contributed by atoms with E-state index in [4.69, 9.17) is 4.74 Å². The largest absolute Gasteiger partial charge is 0.487 e. The van der Waals surface area contributed by atoms with Crippen molar-refractivity contribution in [2.45, 2.75) is 52.7 Å². The normalized spacial score (nSPS) is 12.9. The van der Waals surface area contributed by atoms with Crippen molar-refractivity contribution in [3.8, 4) is 5.75 Å². The number of rotatable bonds is 4. The van der Waals surface area contributed by atoms with Crippen LogP contribution >= 0.6 is 0 Å². The Morgan fingerprint density at radius 3 is 2.50 bits per heavy atom. The summed E-state index contributed by atoms with van der Waals surface area (Å²) in [6.45, 7) is 9.94. The number of carbonyl (C=O) groups is 1. The highest BCUT2D eigenvalue weighted by atomic mass is 16.5. The van der Waals surface area contributed by atoms with E-state index in [0.29, 0.717) is 11.3 Å². The number of ether oxygens (including phenoxy) is 1. The van der Waals surface area contributed by atoms with Crippen molar-refractivity contribution in [3.05, 3.63) is 29.8 Å². The molecule has 18 heavy (non-hydrogen) atoms. The van der Waals surface area contributed by atoms with Gasteiger partial charge in [0.25, 0.3) is 5.91 Å². The number of amides is 1. The second-order valence-corrected chi connectivity index (χ2v) is 5.49. The van der Waals surface area contributed by atoms with Crippen LogP contribution in [0.25, 0.3) is 0 Å². The third-order valence-electron chi connectivity index (χ3n) is 2.54. The Morgan fingerprint density at radius 1 is 1.33 bits per heavy atom. The molecule has 0 aliphatic rings. The Balaban J connectivity index is 2.91. The van der Waals surface area contributed by atoms with Gasteiger partial charge in [0.2, 0.25) is 0 Å². The van der Waals surface area contributed by atoms with Crippen LogP contribution in [0.1, 0.15) is 51.4 Å². The topological polar surface area (TPSA) is 38.3 Å². The van der Waals surface area contributed by atoms with Crippen molar-refractivity contribution in [3.63, 3.8) is 0 Å². The molecule has 0 aliphatic carbocycles. The first-order chi connectivity index (χ1) is 8.33. The molecule has 3 nitrogen and oxygen atoms in total. The van der Waals surface area contributed by atoms with Crippen LogP contribution in [0.15, 0.2) is 24.3 Å². The molecule has 0 aromatic heterocycles. The lowest BCUT2D eigenvalue weighted by Gasteiger charge is -2.23. The van der Waals surface area contributed by atoms with Crippen LogP contribution in [0.2, 0.25) is 0 Å². The predicted molar refractivity (Wildman–Crippen MR) is 74.0 cm³/mol. The number of para-hydroxylation sites is 1. The Kier molecular flexibility index (Phi) is 4.76. The summed E-state index contributed by atoms with van der Waals surface area (Å²) < 4.78 is 5.81. The molecule has 1 unspecified atom stereocenters. The third-order valence-corrected chi connectivity index (χ3v) is 2.54. The minimum Gasteiger partial charge on any atom is -0.487 e. The zero-order valence-corrected chi connectivity index (χ0v) is 11.9. The monoisotopic (exact) mass is 249 g/mol. The van der Waals surface area contributed by atoms with E-state index in [0.717, 1.165) is 6.42 Å². The number of nitrogens with one attached hydrogen (secondary N) is 1. The Labute approximate surface area is 110 Å². The molecule has 1 aromatic carbocycles. The average molecular weight is 249 g/mol. The van der Waals surface area contributed by atoms with Crippen LogP contribution in [0, 0.1) is 0 Å². The minimum absolute atomic E-state index is 0.0794. The summed E-state index contributed by atoms with van der Waals surface area (Å²) in [7, 11) is 0. The van der Waals surface area contributed by atoms with Crippen molar-refractivity contribution in [2.75, 3.05) is 0 Å². The van der Waals surface area contributed by atoms with E-state index in [1.54, 1.807) is 6.07 Å². The van der Waals surface area contributed by atoms with E-state index in [-0.39, 0.29) is 17.6 Å². The molecule has 1 atom stereocenters. The maximum atomic E-state index is 12.1. The molecule has 0 saturated carbocycles. The highest BCUT2D eigenvalue weighted by molar-refractivity contribution is 5.97. The summed E-state index contributed by atoms with van der Waals surface area (Å²) in [6.07, 6.45) is 0.911. The van der Waals surface area contributed by atoms with E-state index in [1.165, 1.54) is 0 Å². The molecular formula is C15H23NO2. The van der Waals surface area contributed by atoms with E-state index < -0.39 is 0 Å². The summed E-state index contributed by atoms with van der Waals surface area (Å²) in [6, 6.07) is 7.51. The minimum atomic E-state index is -0.313. The zero-order chi connectivity index (χ0) is 13.8. The van der Waals surface area contributed by atoms with Crippen LogP contribution in [-0.4, -0.2) is 17.6 Å². The lowest BCUT2D eigenvalue weighted by atomic mass is 10.1. The first kappa shape index (κ1) is 14.6. The van der Waals surface area contributed by atoms with Crippen LogP contribution in [0.4, 0.5) is 0 Å². The molecule has 0 radical (unpaired) electrons. The Morgan fingerprint density at radius 2 is 1.94 bits per heavy atom. The van der Waals surface area contributed by atoms with Crippen molar-refractivity contribution in [1.29, 1.82) is 0 Å². The van der Waals surface area contributed by atoms with Gasteiger partial charge < -0.3 is 10.1 Å². The van der Waals surface area contributed by atoms with Gasteiger partial charge in [0.15, 0.2) is 0 Å². The summed E-state index contributed by atoms with van der Waals surface area (Å²) in [4.78, 5) is 12.1. The Hall–Kier alpha value is -1.51. The number of hydrogen-bond acceptors (Lipinski definition) is 2. The number of carbonyl (C=O) groups excluding carboxylic acids is 1. The first-order valence-corrected chi connectivity index (χ1v) is 6.42. The summed E-state index contributed by atoms with van der Waals surface area (Å²) in [5, 5.41) is 2.95. The highest BCUT2D eigenvalue weighted by Crippen LogP contribution is 2.23. The van der Waals surface area contributed by atoms with E-state index in [1.807, 2.05) is 52.8 Å². The summed E-state index contributed by atoms with van der Waals surface area (Å²) in [5.41, 5.74) is 0.278. The van der Waals surface area contributed by atoms with E-state index in [9.17, 15) is 4.79 Å². The molecule has 0 aliphatic heterocycles. The van der Waals surface area contributed by atoms with Gasteiger partial charge in [-0.3, -0.25) is 4.79 Å². The maximum Gasteiger partial charge on any atom is 0.255 e. The van der Waals surface area contributed by atoms with Gasteiger partial charge in [-0.25, -0.2) is 0 Å². The molecule has 0 bridgehead atoms. The number of hydrogen-bond donors (Lipinski definition) is 1. The average Bonchev–Trinajstić information content (AvgIpc) is 2.27. The van der Waals surface area contributed by atoms with Crippen LogP contribution < -0.4 is 10.1 Å². The van der Waals surface area contributed by atoms with Gasteiger partial charge in [-0.2, -0.15) is 0 Å². The van der Waals surface area contributed by atoms with Gasteiger partial charge >= 0.3 is 0 Å². The van der Waals surface area contributed by atoms with Gasteiger partial charge in [0.05, 0.1) is 5.56 Å². The summed E-state index contributed by atoms with van der Waals surface area (Å²) in [5.74, 6) is 0.551. The van der Waals surface area contributed by atoms with Gasteiger partial charge in [0, 0.05) is 6.04 Å². The fourth-order valence-corrected chi connectivity index (χ4v) is 1.48. The molecule has 0 heterocycles.